The lowest BCUT2D eigenvalue weighted by atomic mass is 9.87. The van der Waals surface area contributed by atoms with Crippen LogP contribution in [0.15, 0.2) is 11.6 Å². The van der Waals surface area contributed by atoms with Gasteiger partial charge in [-0.3, -0.25) is 0 Å². The summed E-state index contributed by atoms with van der Waals surface area (Å²) < 4.78 is 0. The third-order valence-electron chi connectivity index (χ3n) is 2.24. The molecule has 1 unspecified atom stereocenters. The summed E-state index contributed by atoms with van der Waals surface area (Å²) in [6, 6.07) is 0.183. The van der Waals surface area contributed by atoms with Crippen molar-refractivity contribution in [3.8, 4) is 0 Å². The fourth-order valence-electron chi connectivity index (χ4n) is 0.981. The molecule has 0 saturated heterocycles. The molecule has 14 heavy (non-hydrogen) atoms. The van der Waals surface area contributed by atoms with Gasteiger partial charge in [-0.15, -0.1) is 11.3 Å². The highest BCUT2D eigenvalue weighted by Gasteiger charge is 2.19. The minimum Gasteiger partial charge on any atom is -0.326 e. The molecule has 1 atom stereocenters. The Bertz CT molecular complexity index is 251. The summed E-state index contributed by atoms with van der Waals surface area (Å²) in [6.07, 6.45) is 1.82. The Morgan fingerprint density at radius 2 is 2.29 bits per heavy atom. The third kappa shape index (κ3) is 3.74. The highest BCUT2D eigenvalue weighted by molar-refractivity contribution is 7.09. The number of nitrogens with one attached hydrogen (secondary N) is 1. The molecule has 0 aliphatic heterocycles. The van der Waals surface area contributed by atoms with E-state index < -0.39 is 0 Å². The Morgan fingerprint density at radius 3 is 2.79 bits per heavy atom. The van der Waals surface area contributed by atoms with Gasteiger partial charge in [0.2, 0.25) is 0 Å². The van der Waals surface area contributed by atoms with Crippen molar-refractivity contribution in [2.75, 3.05) is 6.54 Å². The molecule has 0 aliphatic carbocycles. The molecule has 0 fully saturated rings. The van der Waals surface area contributed by atoms with Gasteiger partial charge in [-0.2, -0.15) is 0 Å². The molecule has 1 aromatic rings. The van der Waals surface area contributed by atoms with Crippen molar-refractivity contribution < 1.29 is 0 Å². The zero-order valence-electron chi connectivity index (χ0n) is 9.08. The van der Waals surface area contributed by atoms with Crippen molar-refractivity contribution in [1.82, 2.24) is 10.3 Å². The third-order valence-corrected chi connectivity index (χ3v) is 3.02. The van der Waals surface area contributed by atoms with Crippen molar-refractivity contribution in [2.24, 2.45) is 11.1 Å². The van der Waals surface area contributed by atoms with E-state index in [0.717, 1.165) is 18.1 Å². The topological polar surface area (TPSA) is 50.9 Å². The first kappa shape index (κ1) is 11.6. The monoisotopic (exact) mass is 213 g/mol. The van der Waals surface area contributed by atoms with Gasteiger partial charge in [0.1, 0.15) is 5.01 Å². The van der Waals surface area contributed by atoms with Crippen LogP contribution in [0.3, 0.4) is 0 Å². The second-order valence-corrected chi connectivity index (χ2v) is 5.51. The van der Waals surface area contributed by atoms with Gasteiger partial charge in [-0.1, -0.05) is 20.8 Å². The molecular weight excluding hydrogens is 194 g/mol. The summed E-state index contributed by atoms with van der Waals surface area (Å²) in [5, 5.41) is 6.42. The minimum atomic E-state index is 0.163. The number of aromatic nitrogens is 1. The van der Waals surface area contributed by atoms with Crippen molar-refractivity contribution in [2.45, 2.75) is 33.4 Å². The van der Waals surface area contributed by atoms with Crippen LogP contribution in [0.1, 0.15) is 25.8 Å². The molecule has 0 aromatic carbocycles. The molecule has 0 spiro atoms. The molecule has 3 N–H and O–H groups in total. The highest BCUT2D eigenvalue weighted by atomic mass is 32.1. The van der Waals surface area contributed by atoms with Crippen LogP contribution in [0.25, 0.3) is 0 Å². The van der Waals surface area contributed by atoms with Gasteiger partial charge in [-0.05, 0) is 5.41 Å². The van der Waals surface area contributed by atoms with E-state index in [4.69, 9.17) is 5.73 Å². The number of hydrogen-bond acceptors (Lipinski definition) is 4. The van der Waals surface area contributed by atoms with E-state index in [1.807, 2.05) is 11.6 Å². The Balaban J connectivity index is 2.22. The molecule has 0 radical (unpaired) electrons. The van der Waals surface area contributed by atoms with Crippen LogP contribution in [0.5, 0.6) is 0 Å². The molecule has 1 aromatic heterocycles. The molecule has 0 saturated carbocycles. The van der Waals surface area contributed by atoms with E-state index in [9.17, 15) is 0 Å². The summed E-state index contributed by atoms with van der Waals surface area (Å²) >= 11 is 1.67. The van der Waals surface area contributed by atoms with Crippen LogP contribution in [-0.4, -0.2) is 17.6 Å². The zero-order chi connectivity index (χ0) is 10.6. The maximum absolute atomic E-state index is 6.01. The average Bonchev–Trinajstić information content (AvgIpc) is 2.55. The molecule has 0 amide bonds. The Morgan fingerprint density at radius 1 is 1.57 bits per heavy atom. The minimum absolute atomic E-state index is 0.163. The smallest absolute Gasteiger partial charge is 0.106 e. The van der Waals surface area contributed by atoms with Gasteiger partial charge in [-0.25, -0.2) is 4.98 Å². The second kappa shape index (κ2) is 4.87. The van der Waals surface area contributed by atoms with E-state index in [2.05, 4.69) is 31.1 Å². The SMILES string of the molecule is CC(C)(C)C(N)CNCc1nccs1. The summed E-state index contributed by atoms with van der Waals surface area (Å²) in [5.41, 5.74) is 6.17. The first-order chi connectivity index (χ1) is 6.50. The predicted molar refractivity (Wildman–Crippen MR) is 61.3 cm³/mol. The van der Waals surface area contributed by atoms with E-state index in [1.165, 1.54) is 0 Å². The largest absolute Gasteiger partial charge is 0.326 e. The Hall–Kier alpha value is -0.450. The number of nitrogens with zero attached hydrogens (tertiary/aromatic N) is 1. The summed E-state index contributed by atoms with van der Waals surface area (Å²) in [7, 11) is 0. The van der Waals surface area contributed by atoms with E-state index in [-0.39, 0.29) is 11.5 Å². The van der Waals surface area contributed by atoms with Crippen molar-refractivity contribution in [1.29, 1.82) is 0 Å². The average molecular weight is 213 g/mol. The van der Waals surface area contributed by atoms with Gasteiger partial charge < -0.3 is 11.1 Å². The number of rotatable bonds is 4. The highest BCUT2D eigenvalue weighted by Crippen LogP contribution is 2.16. The maximum Gasteiger partial charge on any atom is 0.106 e. The van der Waals surface area contributed by atoms with Gasteiger partial charge in [0, 0.05) is 30.7 Å². The van der Waals surface area contributed by atoms with Crippen LogP contribution in [-0.2, 0) is 6.54 Å². The molecule has 3 nitrogen and oxygen atoms in total. The number of nitrogens with two attached hydrogens (primary N) is 1. The summed E-state index contributed by atoms with van der Waals surface area (Å²) in [5.74, 6) is 0. The lowest BCUT2D eigenvalue weighted by Crippen LogP contribution is -2.43. The van der Waals surface area contributed by atoms with Gasteiger partial charge in [0.15, 0.2) is 0 Å². The van der Waals surface area contributed by atoms with Gasteiger partial charge in [0.25, 0.3) is 0 Å². The molecule has 80 valence electrons. The second-order valence-electron chi connectivity index (χ2n) is 4.53. The number of thiazole rings is 1. The normalized spacial score (nSPS) is 14.3. The van der Waals surface area contributed by atoms with E-state index in [0.29, 0.717) is 0 Å². The molecular formula is C10H19N3S. The van der Waals surface area contributed by atoms with Crippen LogP contribution < -0.4 is 11.1 Å². The lowest BCUT2D eigenvalue weighted by Gasteiger charge is -2.27. The molecule has 0 bridgehead atoms. The quantitative estimate of drug-likeness (QED) is 0.799. The summed E-state index contributed by atoms with van der Waals surface area (Å²) in [4.78, 5) is 4.19. The predicted octanol–water partition coefficient (Wildman–Crippen LogP) is 1.61. The fourth-order valence-corrected chi connectivity index (χ4v) is 1.57. The maximum atomic E-state index is 6.01. The molecule has 1 rings (SSSR count). The molecule has 4 heteroatoms. The standard InChI is InChI=1S/C10H19N3S/c1-10(2,3)8(11)6-12-7-9-13-4-5-14-9/h4-5,8,12H,6-7,11H2,1-3H3. The first-order valence-electron chi connectivity index (χ1n) is 4.85. The van der Waals surface area contributed by atoms with E-state index >= 15 is 0 Å². The zero-order valence-corrected chi connectivity index (χ0v) is 9.90. The van der Waals surface area contributed by atoms with Crippen LogP contribution in [0, 0.1) is 5.41 Å². The van der Waals surface area contributed by atoms with Crippen LogP contribution in [0.2, 0.25) is 0 Å². The first-order valence-corrected chi connectivity index (χ1v) is 5.73. The van der Waals surface area contributed by atoms with Crippen LogP contribution >= 0.6 is 11.3 Å². The van der Waals surface area contributed by atoms with Crippen molar-refractivity contribution in [3.05, 3.63) is 16.6 Å². The van der Waals surface area contributed by atoms with Crippen molar-refractivity contribution in [3.63, 3.8) is 0 Å². The Labute approximate surface area is 89.7 Å². The van der Waals surface area contributed by atoms with Gasteiger partial charge in [0.05, 0.1) is 0 Å². The lowest BCUT2D eigenvalue weighted by molar-refractivity contribution is 0.309. The van der Waals surface area contributed by atoms with Crippen molar-refractivity contribution >= 4 is 11.3 Å². The molecule has 0 aliphatic rings. The number of hydrogen-bond donors (Lipinski definition) is 2. The van der Waals surface area contributed by atoms with Gasteiger partial charge >= 0.3 is 0 Å². The fraction of sp³-hybridized carbons (Fsp3) is 0.700. The molecule has 1 heterocycles. The van der Waals surface area contributed by atoms with E-state index in [1.54, 1.807) is 11.3 Å². The van der Waals surface area contributed by atoms with Crippen LogP contribution in [0.4, 0.5) is 0 Å². The Kier molecular flexibility index (Phi) is 4.04. The summed E-state index contributed by atoms with van der Waals surface area (Å²) in [6.45, 7) is 8.12.